The minimum absolute atomic E-state index is 0.218. The average Bonchev–Trinajstić information content (AvgIpc) is 2.88. The van der Waals surface area contributed by atoms with Crippen molar-refractivity contribution in [1.29, 1.82) is 0 Å². The maximum atomic E-state index is 12.0. The first-order chi connectivity index (χ1) is 17.8. The molecule has 0 spiro atoms. The Balaban J connectivity index is 1.12. The normalized spacial score (nSPS) is 14.5. The van der Waals surface area contributed by atoms with Crippen molar-refractivity contribution in [1.82, 2.24) is 14.9 Å². The van der Waals surface area contributed by atoms with Crippen molar-refractivity contribution in [3.63, 3.8) is 0 Å². The molecule has 1 amide bonds. The number of carbonyl (C=O) groups excluding carboxylic acids is 1. The van der Waals surface area contributed by atoms with E-state index in [1.807, 2.05) is 12.1 Å². The molecule has 1 aliphatic heterocycles. The van der Waals surface area contributed by atoms with Gasteiger partial charge in [-0.2, -0.15) is 0 Å². The topological polar surface area (TPSA) is 84.2 Å². The van der Waals surface area contributed by atoms with Gasteiger partial charge in [-0.15, -0.1) is 0 Å². The number of amides is 1. The maximum absolute atomic E-state index is 12.0. The molecular weight excluding hydrogens is 466 g/mol. The number of ether oxygens (including phenoxy) is 2. The summed E-state index contributed by atoms with van der Waals surface area (Å²) in [6, 6.07) is 18.9. The van der Waals surface area contributed by atoms with Crippen LogP contribution in [0.3, 0.4) is 0 Å². The fourth-order valence-electron chi connectivity index (χ4n) is 4.48. The molecule has 2 heterocycles. The van der Waals surface area contributed by atoms with Crippen molar-refractivity contribution in [2.24, 2.45) is 5.84 Å². The fourth-order valence-corrected chi connectivity index (χ4v) is 4.48. The van der Waals surface area contributed by atoms with Gasteiger partial charge in [0.1, 0.15) is 5.60 Å². The molecule has 8 nitrogen and oxygen atoms in total. The molecule has 1 saturated heterocycles. The zero-order valence-electron chi connectivity index (χ0n) is 22.2. The summed E-state index contributed by atoms with van der Waals surface area (Å²) >= 11 is 0. The third-order valence-electron chi connectivity index (χ3n) is 6.38. The van der Waals surface area contributed by atoms with Gasteiger partial charge in [-0.1, -0.05) is 42.5 Å². The molecule has 0 radical (unpaired) electrons. The van der Waals surface area contributed by atoms with Gasteiger partial charge in [0.15, 0.2) is 0 Å². The SMILES string of the molecule is CC(C)(C)OC(=O)N(N)Cc1ccc(OCCCCN2CCN(c3cccc4ccccc34)CC2)nc1. The molecule has 2 N–H and O–H groups in total. The summed E-state index contributed by atoms with van der Waals surface area (Å²) in [5.74, 6) is 6.40. The van der Waals surface area contributed by atoms with Crippen LogP contribution >= 0.6 is 0 Å². The van der Waals surface area contributed by atoms with Gasteiger partial charge in [0, 0.05) is 49.5 Å². The zero-order chi connectivity index (χ0) is 26.3. The summed E-state index contributed by atoms with van der Waals surface area (Å²) in [6.45, 7) is 11.6. The van der Waals surface area contributed by atoms with Gasteiger partial charge < -0.3 is 14.4 Å². The Bertz CT molecular complexity index is 1150. The standard InChI is InChI=1S/C29H39N5O3/c1-29(2,3)37-28(35)34(30)22-23-13-14-27(31-21-23)36-20-7-6-15-32-16-18-33(19-17-32)26-12-8-10-24-9-4-5-11-25(24)26/h4-5,8-14,21H,6-7,15-20,22,30H2,1-3H3. The highest BCUT2D eigenvalue weighted by molar-refractivity contribution is 5.94. The molecule has 0 saturated carbocycles. The van der Waals surface area contributed by atoms with Crippen molar-refractivity contribution in [3.05, 3.63) is 66.4 Å². The monoisotopic (exact) mass is 505 g/mol. The number of nitrogens with two attached hydrogens (primary N) is 1. The quantitative estimate of drug-likeness (QED) is 0.193. The van der Waals surface area contributed by atoms with Crippen molar-refractivity contribution < 1.29 is 14.3 Å². The van der Waals surface area contributed by atoms with Gasteiger partial charge >= 0.3 is 6.09 Å². The molecule has 8 heteroatoms. The first kappa shape index (κ1) is 26.7. The highest BCUT2D eigenvalue weighted by atomic mass is 16.6. The second kappa shape index (κ2) is 12.3. The molecule has 2 aromatic carbocycles. The van der Waals surface area contributed by atoms with Gasteiger partial charge in [-0.05, 0) is 57.2 Å². The summed E-state index contributed by atoms with van der Waals surface area (Å²) in [6.07, 6.45) is 3.17. The van der Waals surface area contributed by atoms with E-state index in [4.69, 9.17) is 15.3 Å². The number of hydrazine groups is 1. The molecule has 198 valence electrons. The lowest BCUT2D eigenvalue weighted by molar-refractivity contribution is 0.0231. The Hall–Kier alpha value is -3.36. The van der Waals surface area contributed by atoms with Crippen molar-refractivity contribution in [2.45, 2.75) is 45.8 Å². The predicted molar refractivity (Wildman–Crippen MR) is 148 cm³/mol. The summed E-state index contributed by atoms with van der Waals surface area (Å²) in [7, 11) is 0. The van der Waals surface area contributed by atoms with Gasteiger partial charge in [0.25, 0.3) is 0 Å². The van der Waals surface area contributed by atoms with Crippen LogP contribution < -0.4 is 15.5 Å². The Kier molecular flexibility index (Phi) is 8.84. The lowest BCUT2D eigenvalue weighted by Crippen LogP contribution is -2.46. The van der Waals surface area contributed by atoms with Crippen LogP contribution in [0.1, 0.15) is 39.2 Å². The number of aromatic nitrogens is 1. The number of nitrogens with zero attached hydrogens (tertiary/aromatic N) is 4. The lowest BCUT2D eigenvalue weighted by atomic mass is 10.1. The van der Waals surface area contributed by atoms with E-state index < -0.39 is 11.7 Å². The van der Waals surface area contributed by atoms with Crippen molar-refractivity contribution >= 4 is 22.6 Å². The molecule has 1 aliphatic rings. The van der Waals surface area contributed by atoms with Crippen LogP contribution in [0.2, 0.25) is 0 Å². The molecule has 1 fully saturated rings. The number of unbranched alkanes of at least 4 members (excludes halogenated alkanes) is 1. The van der Waals surface area contributed by atoms with E-state index in [2.05, 4.69) is 57.2 Å². The molecule has 4 rings (SSSR count). The molecule has 0 bridgehead atoms. The molecular formula is C29H39N5O3. The molecule has 0 aliphatic carbocycles. The van der Waals surface area contributed by atoms with Crippen LogP contribution in [-0.4, -0.2) is 65.9 Å². The van der Waals surface area contributed by atoms with E-state index in [9.17, 15) is 4.79 Å². The summed E-state index contributed by atoms with van der Waals surface area (Å²) in [5, 5.41) is 3.68. The van der Waals surface area contributed by atoms with E-state index >= 15 is 0 Å². The molecule has 3 aromatic rings. The smallest absolute Gasteiger partial charge is 0.424 e. The minimum Gasteiger partial charge on any atom is -0.478 e. The number of hydrogen-bond donors (Lipinski definition) is 1. The number of piperazine rings is 1. The first-order valence-electron chi connectivity index (χ1n) is 13.1. The van der Waals surface area contributed by atoms with Crippen LogP contribution in [0, 0.1) is 0 Å². The van der Waals surface area contributed by atoms with Crippen molar-refractivity contribution in [2.75, 3.05) is 44.2 Å². The van der Waals surface area contributed by atoms with Crippen LogP contribution in [0.4, 0.5) is 10.5 Å². The highest BCUT2D eigenvalue weighted by Gasteiger charge is 2.20. The second-order valence-electron chi connectivity index (χ2n) is 10.5. The van der Waals surface area contributed by atoms with Gasteiger partial charge in [0.2, 0.25) is 5.88 Å². The lowest BCUT2D eigenvalue weighted by Gasteiger charge is -2.36. The van der Waals surface area contributed by atoms with E-state index in [1.165, 1.54) is 16.5 Å². The average molecular weight is 506 g/mol. The van der Waals surface area contributed by atoms with Crippen LogP contribution in [0.15, 0.2) is 60.8 Å². The summed E-state index contributed by atoms with van der Waals surface area (Å²) < 4.78 is 11.1. The van der Waals surface area contributed by atoms with Gasteiger partial charge in [0.05, 0.1) is 13.2 Å². The third-order valence-corrected chi connectivity index (χ3v) is 6.38. The van der Waals surface area contributed by atoms with Crippen molar-refractivity contribution in [3.8, 4) is 5.88 Å². The molecule has 0 unspecified atom stereocenters. The Labute approximate surface area is 219 Å². The predicted octanol–water partition coefficient (Wildman–Crippen LogP) is 4.83. The number of pyridine rings is 1. The Morgan fingerprint density at radius 1 is 1.00 bits per heavy atom. The molecule has 0 atom stereocenters. The zero-order valence-corrected chi connectivity index (χ0v) is 22.2. The van der Waals surface area contributed by atoms with Gasteiger partial charge in [-0.25, -0.2) is 20.6 Å². The van der Waals surface area contributed by atoms with Crippen LogP contribution in [0.5, 0.6) is 5.88 Å². The number of fused-ring (bicyclic) bond motifs is 1. The highest BCUT2D eigenvalue weighted by Crippen LogP contribution is 2.27. The van der Waals surface area contributed by atoms with Crippen LogP contribution in [-0.2, 0) is 11.3 Å². The third kappa shape index (κ3) is 7.81. The molecule has 1 aromatic heterocycles. The van der Waals surface area contributed by atoms with E-state index in [0.29, 0.717) is 12.5 Å². The maximum Gasteiger partial charge on any atom is 0.424 e. The molecule has 37 heavy (non-hydrogen) atoms. The Morgan fingerprint density at radius 2 is 1.76 bits per heavy atom. The number of anilines is 1. The van der Waals surface area contributed by atoms with Gasteiger partial charge in [-0.3, -0.25) is 4.90 Å². The van der Waals surface area contributed by atoms with E-state index in [0.717, 1.165) is 56.1 Å². The number of hydrogen-bond acceptors (Lipinski definition) is 7. The number of carbonyl (C=O) groups is 1. The number of rotatable bonds is 9. The van der Waals surface area contributed by atoms with E-state index in [1.54, 1.807) is 27.0 Å². The Morgan fingerprint density at radius 3 is 2.49 bits per heavy atom. The summed E-state index contributed by atoms with van der Waals surface area (Å²) in [5.41, 5.74) is 1.56. The fraction of sp³-hybridized carbons (Fsp3) is 0.448. The second-order valence-corrected chi connectivity index (χ2v) is 10.5. The number of benzene rings is 2. The largest absolute Gasteiger partial charge is 0.478 e. The minimum atomic E-state index is -0.587. The first-order valence-corrected chi connectivity index (χ1v) is 13.1. The van der Waals surface area contributed by atoms with Crippen LogP contribution in [0.25, 0.3) is 10.8 Å². The summed E-state index contributed by atoms with van der Waals surface area (Å²) in [4.78, 5) is 21.4. The van der Waals surface area contributed by atoms with E-state index in [-0.39, 0.29) is 6.54 Å².